The van der Waals surface area contributed by atoms with E-state index in [1.807, 2.05) is 25.9 Å². The van der Waals surface area contributed by atoms with Crippen LogP contribution in [0.1, 0.15) is 39.5 Å². The Balaban J connectivity index is 3.21. The summed E-state index contributed by atoms with van der Waals surface area (Å²) in [6.07, 6.45) is 5.08. The molecule has 3 nitrogen and oxygen atoms in total. The molecule has 0 fully saturated rings. The second-order valence-corrected chi connectivity index (χ2v) is 4.00. The van der Waals surface area contributed by atoms with Crippen LogP contribution in [0.3, 0.4) is 0 Å². The van der Waals surface area contributed by atoms with Gasteiger partial charge in [0, 0.05) is 20.7 Å². The predicted molar refractivity (Wildman–Crippen MR) is 66.6 cm³/mol. The van der Waals surface area contributed by atoms with Crippen molar-refractivity contribution < 1.29 is 4.74 Å². The monoisotopic (exact) mass is 214 g/mol. The molecular formula is C12H26N2O. The largest absolute Gasteiger partial charge is 0.380 e. The van der Waals surface area contributed by atoms with Crippen molar-refractivity contribution in [1.29, 1.82) is 0 Å². The SMILES string of the molecule is CCCCCCOCCN=C(C)N(C)C. The zero-order chi connectivity index (χ0) is 11.5. The van der Waals surface area contributed by atoms with Gasteiger partial charge in [-0.15, -0.1) is 0 Å². The third kappa shape index (κ3) is 9.73. The van der Waals surface area contributed by atoms with Gasteiger partial charge in [0.1, 0.15) is 0 Å². The molecule has 15 heavy (non-hydrogen) atoms. The standard InChI is InChI=1S/C12H26N2O/c1-5-6-7-8-10-15-11-9-13-12(2)14(3)4/h5-11H2,1-4H3. The van der Waals surface area contributed by atoms with Gasteiger partial charge in [0.05, 0.1) is 19.0 Å². The Hall–Kier alpha value is -0.570. The van der Waals surface area contributed by atoms with Crippen molar-refractivity contribution in [2.45, 2.75) is 39.5 Å². The van der Waals surface area contributed by atoms with E-state index in [-0.39, 0.29) is 0 Å². The number of hydrogen-bond donors (Lipinski definition) is 0. The molecule has 0 aromatic rings. The summed E-state index contributed by atoms with van der Waals surface area (Å²) in [4.78, 5) is 6.39. The van der Waals surface area contributed by atoms with Crippen molar-refractivity contribution in [1.82, 2.24) is 4.90 Å². The summed E-state index contributed by atoms with van der Waals surface area (Å²) >= 11 is 0. The molecule has 0 aliphatic carbocycles. The second-order valence-electron chi connectivity index (χ2n) is 4.00. The van der Waals surface area contributed by atoms with E-state index in [1.165, 1.54) is 25.7 Å². The molecule has 0 N–H and O–H groups in total. The molecule has 0 amide bonds. The van der Waals surface area contributed by atoms with Gasteiger partial charge in [-0.25, -0.2) is 0 Å². The van der Waals surface area contributed by atoms with E-state index < -0.39 is 0 Å². The van der Waals surface area contributed by atoms with Crippen LogP contribution >= 0.6 is 0 Å². The summed E-state index contributed by atoms with van der Waals surface area (Å²) < 4.78 is 5.48. The Morgan fingerprint density at radius 2 is 1.87 bits per heavy atom. The van der Waals surface area contributed by atoms with Gasteiger partial charge < -0.3 is 9.64 Å². The van der Waals surface area contributed by atoms with Gasteiger partial charge in [-0.3, -0.25) is 4.99 Å². The normalized spacial score (nSPS) is 11.9. The highest BCUT2D eigenvalue weighted by Crippen LogP contribution is 1.98. The molecule has 0 aliphatic rings. The zero-order valence-electron chi connectivity index (χ0n) is 10.8. The summed E-state index contributed by atoms with van der Waals surface area (Å²) in [7, 11) is 4.01. The van der Waals surface area contributed by atoms with E-state index >= 15 is 0 Å². The first-order chi connectivity index (χ1) is 7.18. The fraction of sp³-hybridized carbons (Fsp3) is 0.917. The van der Waals surface area contributed by atoms with E-state index in [4.69, 9.17) is 4.74 Å². The highest BCUT2D eigenvalue weighted by atomic mass is 16.5. The van der Waals surface area contributed by atoms with Crippen molar-refractivity contribution in [3.05, 3.63) is 0 Å². The summed E-state index contributed by atoms with van der Waals surface area (Å²) in [5.41, 5.74) is 0. The van der Waals surface area contributed by atoms with E-state index in [0.717, 1.165) is 25.6 Å². The highest BCUT2D eigenvalue weighted by molar-refractivity contribution is 5.79. The van der Waals surface area contributed by atoms with E-state index in [0.29, 0.717) is 0 Å². The van der Waals surface area contributed by atoms with Gasteiger partial charge in [0.25, 0.3) is 0 Å². The number of unbranched alkanes of at least 4 members (excludes halogenated alkanes) is 3. The highest BCUT2D eigenvalue weighted by Gasteiger charge is 1.92. The van der Waals surface area contributed by atoms with Gasteiger partial charge in [-0.2, -0.15) is 0 Å². The molecule has 0 aromatic heterocycles. The molecule has 0 aromatic carbocycles. The van der Waals surface area contributed by atoms with Crippen LogP contribution in [0, 0.1) is 0 Å². The topological polar surface area (TPSA) is 24.8 Å². The zero-order valence-corrected chi connectivity index (χ0v) is 10.8. The summed E-state index contributed by atoms with van der Waals surface area (Å²) in [6.45, 7) is 6.65. The minimum absolute atomic E-state index is 0.747. The molecule has 0 radical (unpaired) electrons. The summed E-state index contributed by atoms with van der Waals surface area (Å²) in [5.74, 6) is 1.06. The molecule has 0 saturated carbocycles. The molecule has 0 rings (SSSR count). The lowest BCUT2D eigenvalue weighted by Crippen LogP contribution is -2.19. The van der Waals surface area contributed by atoms with Crippen LogP contribution in [0.2, 0.25) is 0 Å². The average molecular weight is 214 g/mol. The molecule has 0 saturated heterocycles. The van der Waals surface area contributed by atoms with Crippen molar-refractivity contribution >= 4 is 5.84 Å². The summed E-state index contributed by atoms with van der Waals surface area (Å²) in [6, 6.07) is 0. The molecular weight excluding hydrogens is 188 g/mol. The van der Waals surface area contributed by atoms with Crippen molar-refractivity contribution in [3.8, 4) is 0 Å². The van der Waals surface area contributed by atoms with Gasteiger partial charge in [-0.05, 0) is 13.3 Å². The van der Waals surface area contributed by atoms with Crippen molar-refractivity contribution in [3.63, 3.8) is 0 Å². The molecule has 0 bridgehead atoms. The minimum Gasteiger partial charge on any atom is -0.380 e. The van der Waals surface area contributed by atoms with E-state index in [1.54, 1.807) is 0 Å². The minimum atomic E-state index is 0.747. The van der Waals surface area contributed by atoms with Crippen LogP contribution in [0.4, 0.5) is 0 Å². The number of ether oxygens (including phenoxy) is 1. The molecule has 0 unspecified atom stereocenters. The quantitative estimate of drug-likeness (QED) is 0.352. The lowest BCUT2D eigenvalue weighted by atomic mass is 10.2. The van der Waals surface area contributed by atoms with Crippen molar-refractivity contribution in [2.24, 2.45) is 4.99 Å². The van der Waals surface area contributed by atoms with Gasteiger partial charge in [0.2, 0.25) is 0 Å². The number of nitrogens with zero attached hydrogens (tertiary/aromatic N) is 2. The summed E-state index contributed by atoms with van der Waals surface area (Å²) in [5, 5.41) is 0. The molecule has 0 atom stereocenters. The molecule has 0 heterocycles. The molecule has 3 heteroatoms. The van der Waals surface area contributed by atoms with Crippen LogP contribution in [0.25, 0.3) is 0 Å². The fourth-order valence-corrected chi connectivity index (χ4v) is 1.15. The van der Waals surface area contributed by atoms with E-state index in [9.17, 15) is 0 Å². The van der Waals surface area contributed by atoms with Gasteiger partial charge >= 0.3 is 0 Å². The molecule has 0 spiro atoms. The Labute approximate surface area is 94.5 Å². The van der Waals surface area contributed by atoms with Crippen LogP contribution in [-0.2, 0) is 4.74 Å². The fourth-order valence-electron chi connectivity index (χ4n) is 1.15. The van der Waals surface area contributed by atoms with Crippen LogP contribution < -0.4 is 0 Å². The average Bonchev–Trinajstić information content (AvgIpc) is 2.21. The van der Waals surface area contributed by atoms with Crippen LogP contribution in [0.5, 0.6) is 0 Å². The number of aliphatic imine (C=N–C) groups is 1. The third-order valence-electron chi connectivity index (χ3n) is 2.37. The maximum absolute atomic E-state index is 5.48. The van der Waals surface area contributed by atoms with Crippen LogP contribution in [-0.4, -0.2) is 44.6 Å². The molecule has 90 valence electrons. The Bertz CT molecular complexity index is 167. The maximum atomic E-state index is 5.48. The second kappa shape index (κ2) is 9.97. The third-order valence-corrected chi connectivity index (χ3v) is 2.37. The lowest BCUT2D eigenvalue weighted by molar-refractivity contribution is 0.137. The van der Waals surface area contributed by atoms with Gasteiger partial charge in [-0.1, -0.05) is 26.2 Å². The van der Waals surface area contributed by atoms with E-state index in [2.05, 4.69) is 11.9 Å². The number of amidine groups is 1. The Morgan fingerprint density at radius 3 is 2.47 bits per heavy atom. The number of hydrogen-bond acceptors (Lipinski definition) is 2. The Morgan fingerprint density at radius 1 is 1.13 bits per heavy atom. The van der Waals surface area contributed by atoms with Gasteiger partial charge in [0.15, 0.2) is 0 Å². The first-order valence-electron chi connectivity index (χ1n) is 5.94. The Kier molecular flexibility index (Phi) is 9.59. The predicted octanol–water partition coefficient (Wildman–Crippen LogP) is 2.56. The van der Waals surface area contributed by atoms with Crippen molar-refractivity contribution in [2.75, 3.05) is 33.9 Å². The lowest BCUT2D eigenvalue weighted by Gasteiger charge is -2.10. The smallest absolute Gasteiger partial charge is 0.0953 e. The number of rotatable bonds is 8. The maximum Gasteiger partial charge on any atom is 0.0953 e. The molecule has 0 aliphatic heterocycles. The first-order valence-corrected chi connectivity index (χ1v) is 5.94. The van der Waals surface area contributed by atoms with Crippen LogP contribution in [0.15, 0.2) is 4.99 Å². The first kappa shape index (κ1) is 14.4.